The minimum Gasteiger partial charge on any atom is -0.396 e. The van der Waals surface area contributed by atoms with E-state index in [1.54, 1.807) is 0 Å². The molecule has 0 radical (unpaired) electrons. The number of aliphatic hydroxyl groups excluding tert-OH is 1. The van der Waals surface area contributed by atoms with Crippen molar-refractivity contribution in [3.63, 3.8) is 0 Å². The average Bonchev–Trinajstić information content (AvgIpc) is 2.69. The van der Waals surface area contributed by atoms with Crippen LogP contribution in [-0.4, -0.2) is 26.5 Å². The molecular formula is C13H25N3O. The summed E-state index contributed by atoms with van der Waals surface area (Å²) in [4.78, 5) is 4.53. The standard InChI is InChI=1S/C13H25N3O/c1-4-6-8-16-13(7-9-17)14-12(15-16)10-11(3)5-2/h11,17H,4-10H2,1-3H3/t11-/m0/s1. The number of hydrogen-bond acceptors (Lipinski definition) is 3. The third kappa shape index (κ3) is 4.46. The number of rotatable bonds is 8. The molecule has 0 aromatic carbocycles. The molecule has 4 nitrogen and oxygen atoms in total. The van der Waals surface area contributed by atoms with Crippen molar-refractivity contribution in [3.05, 3.63) is 11.6 Å². The minimum atomic E-state index is 0.146. The van der Waals surface area contributed by atoms with Gasteiger partial charge in [-0.2, -0.15) is 5.10 Å². The molecule has 0 saturated carbocycles. The maximum atomic E-state index is 9.03. The fourth-order valence-corrected chi connectivity index (χ4v) is 1.74. The first-order valence-corrected chi connectivity index (χ1v) is 6.74. The zero-order valence-corrected chi connectivity index (χ0v) is 11.3. The van der Waals surface area contributed by atoms with Gasteiger partial charge in [0.15, 0.2) is 5.82 Å². The fourth-order valence-electron chi connectivity index (χ4n) is 1.74. The molecule has 1 heterocycles. The second-order valence-electron chi connectivity index (χ2n) is 4.71. The van der Waals surface area contributed by atoms with Crippen molar-refractivity contribution in [2.24, 2.45) is 5.92 Å². The van der Waals surface area contributed by atoms with Gasteiger partial charge in [0.25, 0.3) is 0 Å². The Balaban J connectivity index is 2.72. The van der Waals surface area contributed by atoms with Crippen LogP contribution in [-0.2, 0) is 19.4 Å². The summed E-state index contributed by atoms with van der Waals surface area (Å²) in [5, 5.41) is 13.6. The van der Waals surface area contributed by atoms with Crippen LogP contribution < -0.4 is 0 Å². The Bertz CT molecular complexity index is 322. The highest BCUT2D eigenvalue weighted by Crippen LogP contribution is 2.10. The van der Waals surface area contributed by atoms with E-state index in [1.165, 1.54) is 0 Å². The number of aliphatic hydroxyl groups is 1. The maximum absolute atomic E-state index is 9.03. The number of nitrogens with zero attached hydrogens (tertiary/aromatic N) is 3. The summed E-state index contributed by atoms with van der Waals surface area (Å²) in [5.74, 6) is 2.48. The number of hydrogen-bond donors (Lipinski definition) is 1. The Labute approximate surface area is 104 Å². The second kappa shape index (κ2) is 7.43. The SMILES string of the molecule is CCCCn1nc(C[C@@H](C)CC)nc1CCO. The van der Waals surface area contributed by atoms with Gasteiger partial charge in [-0.3, -0.25) is 0 Å². The Morgan fingerprint density at radius 3 is 2.71 bits per heavy atom. The van der Waals surface area contributed by atoms with Gasteiger partial charge in [-0.05, 0) is 12.3 Å². The van der Waals surface area contributed by atoms with Crippen molar-refractivity contribution in [2.45, 2.75) is 59.4 Å². The van der Waals surface area contributed by atoms with Gasteiger partial charge >= 0.3 is 0 Å². The van der Waals surface area contributed by atoms with E-state index < -0.39 is 0 Å². The lowest BCUT2D eigenvalue weighted by molar-refractivity contribution is 0.293. The van der Waals surface area contributed by atoms with Crippen LogP contribution in [0.2, 0.25) is 0 Å². The van der Waals surface area contributed by atoms with Crippen LogP contribution in [0.25, 0.3) is 0 Å². The third-order valence-electron chi connectivity index (χ3n) is 3.08. The largest absolute Gasteiger partial charge is 0.396 e. The lowest BCUT2D eigenvalue weighted by Gasteiger charge is -2.03. The quantitative estimate of drug-likeness (QED) is 0.756. The summed E-state index contributed by atoms with van der Waals surface area (Å²) < 4.78 is 1.97. The van der Waals surface area contributed by atoms with Crippen molar-refractivity contribution in [2.75, 3.05) is 6.61 Å². The second-order valence-corrected chi connectivity index (χ2v) is 4.71. The molecule has 1 atom stereocenters. The number of aryl methyl sites for hydroxylation is 1. The molecular weight excluding hydrogens is 214 g/mol. The summed E-state index contributed by atoms with van der Waals surface area (Å²) in [7, 11) is 0. The van der Waals surface area contributed by atoms with E-state index in [0.29, 0.717) is 12.3 Å². The summed E-state index contributed by atoms with van der Waals surface area (Å²) >= 11 is 0. The first kappa shape index (κ1) is 14.2. The summed E-state index contributed by atoms with van der Waals surface area (Å²) in [6.45, 7) is 7.64. The predicted octanol–water partition coefficient (Wildman–Crippen LogP) is 2.20. The topological polar surface area (TPSA) is 50.9 Å². The van der Waals surface area contributed by atoms with Crippen LogP contribution in [0.3, 0.4) is 0 Å². The normalized spacial score (nSPS) is 12.9. The molecule has 98 valence electrons. The minimum absolute atomic E-state index is 0.146. The molecule has 17 heavy (non-hydrogen) atoms. The lowest BCUT2D eigenvalue weighted by atomic mass is 10.1. The van der Waals surface area contributed by atoms with Crippen LogP contribution in [0.1, 0.15) is 51.7 Å². The van der Waals surface area contributed by atoms with Gasteiger partial charge in [0.2, 0.25) is 0 Å². The van der Waals surface area contributed by atoms with Crippen molar-refractivity contribution in [3.8, 4) is 0 Å². The van der Waals surface area contributed by atoms with Crippen LogP contribution in [0, 0.1) is 5.92 Å². The molecule has 0 amide bonds. The smallest absolute Gasteiger partial charge is 0.151 e. The molecule has 1 rings (SSSR count). The average molecular weight is 239 g/mol. The molecule has 0 aliphatic heterocycles. The Hall–Kier alpha value is -0.900. The van der Waals surface area contributed by atoms with E-state index in [1.807, 2.05) is 4.68 Å². The van der Waals surface area contributed by atoms with Gasteiger partial charge in [-0.25, -0.2) is 9.67 Å². The van der Waals surface area contributed by atoms with Gasteiger partial charge in [0.05, 0.1) is 6.61 Å². The summed E-state index contributed by atoms with van der Waals surface area (Å²) in [6.07, 6.45) is 4.97. The van der Waals surface area contributed by atoms with Crippen LogP contribution in [0.15, 0.2) is 0 Å². The molecule has 0 saturated heterocycles. The Morgan fingerprint density at radius 2 is 2.12 bits per heavy atom. The van der Waals surface area contributed by atoms with E-state index in [9.17, 15) is 0 Å². The first-order valence-electron chi connectivity index (χ1n) is 6.74. The molecule has 0 fully saturated rings. The van der Waals surface area contributed by atoms with Crippen LogP contribution in [0.5, 0.6) is 0 Å². The Kier molecular flexibility index (Phi) is 6.19. The fraction of sp³-hybridized carbons (Fsp3) is 0.846. The van der Waals surface area contributed by atoms with Gasteiger partial charge < -0.3 is 5.11 Å². The van der Waals surface area contributed by atoms with E-state index in [-0.39, 0.29) is 6.61 Å². The van der Waals surface area contributed by atoms with Crippen molar-refractivity contribution < 1.29 is 5.11 Å². The zero-order valence-electron chi connectivity index (χ0n) is 11.3. The Morgan fingerprint density at radius 1 is 1.35 bits per heavy atom. The predicted molar refractivity (Wildman–Crippen MR) is 68.9 cm³/mol. The highest BCUT2D eigenvalue weighted by Gasteiger charge is 2.11. The van der Waals surface area contributed by atoms with Gasteiger partial charge in [-0.1, -0.05) is 33.6 Å². The highest BCUT2D eigenvalue weighted by atomic mass is 16.3. The van der Waals surface area contributed by atoms with Gasteiger partial charge in [0.1, 0.15) is 5.82 Å². The lowest BCUT2D eigenvalue weighted by Crippen LogP contribution is -2.07. The van der Waals surface area contributed by atoms with Crippen molar-refractivity contribution in [1.29, 1.82) is 0 Å². The van der Waals surface area contributed by atoms with Crippen molar-refractivity contribution in [1.82, 2.24) is 14.8 Å². The molecule has 1 aromatic rings. The van der Waals surface area contributed by atoms with Crippen LogP contribution >= 0.6 is 0 Å². The summed E-state index contributed by atoms with van der Waals surface area (Å²) in [6, 6.07) is 0. The monoisotopic (exact) mass is 239 g/mol. The molecule has 0 unspecified atom stereocenters. The van der Waals surface area contributed by atoms with E-state index in [2.05, 4.69) is 30.9 Å². The van der Waals surface area contributed by atoms with E-state index in [0.717, 1.165) is 43.9 Å². The zero-order chi connectivity index (χ0) is 12.7. The van der Waals surface area contributed by atoms with Gasteiger partial charge in [0, 0.05) is 19.4 Å². The third-order valence-corrected chi connectivity index (χ3v) is 3.08. The molecule has 1 N–H and O–H groups in total. The molecule has 1 aromatic heterocycles. The maximum Gasteiger partial charge on any atom is 0.151 e. The molecule has 0 spiro atoms. The highest BCUT2D eigenvalue weighted by molar-refractivity contribution is 4.94. The summed E-state index contributed by atoms with van der Waals surface area (Å²) in [5.41, 5.74) is 0. The molecule has 4 heteroatoms. The van der Waals surface area contributed by atoms with E-state index in [4.69, 9.17) is 5.11 Å². The van der Waals surface area contributed by atoms with E-state index >= 15 is 0 Å². The van der Waals surface area contributed by atoms with Gasteiger partial charge in [-0.15, -0.1) is 0 Å². The number of unbranched alkanes of at least 4 members (excludes halogenated alkanes) is 1. The van der Waals surface area contributed by atoms with Crippen LogP contribution in [0.4, 0.5) is 0 Å². The molecule has 0 aliphatic rings. The first-order chi connectivity index (χ1) is 8.21. The molecule has 0 aliphatic carbocycles. The van der Waals surface area contributed by atoms with Crippen molar-refractivity contribution >= 4 is 0 Å². The number of aromatic nitrogens is 3. The molecule has 0 bridgehead atoms.